The van der Waals surface area contributed by atoms with Gasteiger partial charge in [-0.1, -0.05) is 48.5 Å². The zero-order valence-corrected chi connectivity index (χ0v) is 11.6. The molecule has 0 aliphatic carbocycles. The lowest BCUT2D eigenvalue weighted by molar-refractivity contribution is -0.140. The van der Waals surface area contributed by atoms with E-state index >= 15 is 0 Å². The van der Waals surface area contributed by atoms with Crippen LogP contribution in [-0.2, 0) is 4.79 Å². The summed E-state index contributed by atoms with van der Waals surface area (Å²) in [6, 6.07) is 15.8. The molecule has 1 heterocycles. The SMILES string of the molecule is CN1C(=O)c2ccccc2[C@H](C(=O)O)[C@H]1c1ccccc1. The van der Waals surface area contributed by atoms with Crippen molar-refractivity contribution in [2.24, 2.45) is 0 Å². The van der Waals surface area contributed by atoms with Gasteiger partial charge in [0.25, 0.3) is 5.91 Å². The Kier molecular flexibility index (Phi) is 3.22. The Morgan fingerprint density at radius 1 is 1.05 bits per heavy atom. The summed E-state index contributed by atoms with van der Waals surface area (Å²) in [5.41, 5.74) is 1.89. The third kappa shape index (κ3) is 2.09. The normalized spacial score (nSPS) is 21.0. The number of fused-ring (bicyclic) bond motifs is 1. The third-order valence-corrected chi connectivity index (χ3v) is 3.99. The van der Waals surface area contributed by atoms with Crippen LogP contribution in [-0.4, -0.2) is 28.9 Å². The van der Waals surface area contributed by atoms with E-state index in [4.69, 9.17) is 0 Å². The van der Waals surface area contributed by atoms with E-state index in [2.05, 4.69) is 0 Å². The summed E-state index contributed by atoms with van der Waals surface area (Å²) in [5, 5.41) is 9.68. The first kappa shape index (κ1) is 13.4. The number of hydrogen-bond acceptors (Lipinski definition) is 2. The number of carbonyl (C=O) groups is 2. The van der Waals surface area contributed by atoms with Crippen LogP contribution in [0.15, 0.2) is 54.6 Å². The lowest BCUT2D eigenvalue weighted by Crippen LogP contribution is -2.42. The van der Waals surface area contributed by atoms with Gasteiger partial charge < -0.3 is 10.0 Å². The minimum Gasteiger partial charge on any atom is -0.481 e. The molecule has 0 saturated carbocycles. The van der Waals surface area contributed by atoms with Gasteiger partial charge in [0.15, 0.2) is 0 Å². The zero-order chi connectivity index (χ0) is 15.0. The molecule has 4 heteroatoms. The molecule has 2 aromatic rings. The van der Waals surface area contributed by atoms with Crippen LogP contribution in [0.5, 0.6) is 0 Å². The highest BCUT2D eigenvalue weighted by atomic mass is 16.4. The van der Waals surface area contributed by atoms with Crippen LogP contribution in [0.25, 0.3) is 0 Å². The van der Waals surface area contributed by atoms with Crippen molar-refractivity contribution in [3.8, 4) is 0 Å². The van der Waals surface area contributed by atoms with Crippen LogP contribution in [0.3, 0.4) is 0 Å². The zero-order valence-electron chi connectivity index (χ0n) is 11.6. The Morgan fingerprint density at radius 2 is 1.67 bits per heavy atom. The van der Waals surface area contributed by atoms with E-state index in [1.807, 2.05) is 30.3 Å². The first-order valence-electron chi connectivity index (χ1n) is 6.75. The van der Waals surface area contributed by atoms with Crippen molar-refractivity contribution in [3.63, 3.8) is 0 Å². The number of likely N-dealkylation sites (N-methyl/N-ethyl adjacent to an activating group) is 1. The number of rotatable bonds is 2. The van der Waals surface area contributed by atoms with E-state index < -0.39 is 17.9 Å². The van der Waals surface area contributed by atoms with Crippen molar-refractivity contribution in [2.45, 2.75) is 12.0 Å². The molecular weight excluding hydrogens is 266 g/mol. The van der Waals surface area contributed by atoms with Gasteiger partial charge in [0.2, 0.25) is 0 Å². The first-order chi connectivity index (χ1) is 10.1. The van der Waals surface area contributed by atoms with E-state index in [-0.39, 0.29) is 5.91 Å². The third-order valence-electron chi connectivity index (χ3n) is 3.99. The predicted octanol–water partition coefficient (Wildman–Crippen LogP) is 2.68. The van der Waals surface area contributed by atoms with Crippen molar-refractivity contribution in [3.05, 3.63) is 71.3 Å². The average molecular weight is 281 g/mol. The molecule has 2 atom stereocenters. The number of amides is 1. The van der Waals surface area contributed by atoms with Crippen molar-refractivity contribution >= 4 is 11.9 Å². The second kappa shape index (κ2) is 5.05. The summed E-state index contributed by atoms with van der Waals surface area (Å²) in [7, 11) is 1.66. The van der Waals surface area contributed by atoms with Gasteiger partial charge >= 0.3 is 5.97 Å². The lowest BCUT2D eigenvalue weighted by atomic mass is 9.80. The van der Waals surface area contributed by atoms with E-state index in [1.165, 1.54) is 4.90 Å². The molecule has 4 nitrogen and oxygen atoms in total. The number of hydrogen-bond donors (Lipinski definition) is 1. The molecule has 0 bridgehead atoms. The number of carbonyl (C=O) groups excluding carboxylic acids is 1. The summed E-state index contributed by atoms with van der Waals surface area (Å²) < 4.78 is 0. The van der Waals surface area contributed by atoms with Gasteiger partial charge in [-0.25, -0.2) is 0 Å². The smallest absolute Gasteiger partial charge is 0.313 e. The first-order valence-corrected chi connectivity index (χ1v) is 6.75. The standard InChI is InChI=1S/C17H15NO3/c1-18-15(11-7-3-2-4-8-11)14(17(20)21)12-9-5-6-10-13(12)16(18)19/h2-10,14-15H,1H3,(H,20,21)/t14-,15+/m0/s1. The topological polar surface area (TPSA) is 57.6 Å². The van der Waals surface area contributed by atoms with Crippen LogP contribution in [0, 0.1) is 0 Å². The monoisotopic (exact) mass is 281 g/mol. The maximum atomic E-state index is 12.5. The van der Waals surface area contributed by atoms with Crippen LogP contribution in [0.2, 0.25) is 0 Å². The molecule has 1 aliphatic heterocycles. The Balaban J connectivity index is 2.20. The maximum Gasteiger partial charge on any atom is 0.313 e. The van der Waals surface area contributed by atoms with Gasteiger partial charge in [-0.2, -0.15) is 0 Å². The Hall–Kier alpha value is -2.62. The quantitative estimate of drug-likeness (QED) is 0.920. The second-order valence-corrected chi connectivity index (χ2v) is 5.17. The van der Waals surface area contributed by atoms with Crippen molar-refractivity contribution in [1.82, 2.24) is 4.90 Å². The summed E-state index contributed by atoms with van der Waals surface area (Å²) >= 11 is 0. The summed E-state index contributed by atoms with van der Waals surface area (Å²) in [5.74, 6) is -1.82. The van der Waals surface area contributed by atoms with Gasteiger partial charge in [0, 0.05) is 12.6 Å². The molecule has 1 aliphatic rings. The minimum absolute atomic E-state index is 0.142. The van der Waals surface area contributed by atoms with E-state index in [9.17, 15) is 14.7 Å². The highest BCUT2D eigenvalue weighted by Crippen LogP contribution is 2.41. The minimum atomic E-state index is -0.921. The van der Waals surface area contributed by atoms with E-state index in [1.54, 1.807) is 31.3 Å². The fourth-order valence-electron chi connectivity index (χ4n) is 3.01. The molecule has 1 N–H and O–H groups in total. The molecule has 21 heavy (non-hydrogen) atoms. The summed E-state index contributed by atoms with van der Waals surface area (Å²) in [6.45, 7) is 0. The van der Waals surface area contributed by atoms with E-state index in [0.29, 0.717) is 11.1 Å². The van der Waals surface area contributed by atoms with Gasteiger partial charge in [-0.15, -0.1) is 0 Å². The average Bonchev–Trinajstić information content (AvgIpc) is 2.51. The highest BCUT2D eigenvalue weighted by molar-refractivity contribution is 6.00. The molecule has 0 spiro atoms. The molecule has 1 amide bonds. The van der Waals surface area contributed by atoms with Gasteiger partial charge in [0.1, 0.15) is 5.92 Å². The van der Waals surface area contributed by atoms with Crippen molar-refractivity contribution in [2.75, 3.05) is 7.05 Å². The van der Waals surface area contributed by atoms with Gasteiger partial charge in [0.05, 0.1) is 6.04 Å². The van der Waals surface area contributed by atoms with E-state index in [0.717, 1.165) is 5.56 Å². The Morgan fingerprint density at radius 3 is 2.33 bits per heavy atom. The number of benzene rings is 2. The summed E-state index contributed by atoms with van der Waals surface area (Å²) in [6.07, 6.45) is 0. The number of carboxylic acid groups (broad SMARTS) is 1. The molecule has 0 fully saturated rings. The molecular formula is C17H15NO3. The number of aliphatic carboxylic acids is 1. The van der Waals surface area contributed by atoms with Crippen molar-refractivity contribution in [1.29, 1.82) is 0 Å². The molecule has 0 saturated heterocycles. The lowest BCUT2D eigenvalue weighted by Gasteiger charge is -2.38. The molecule has 2 aromatic carbocycles. The van der Waals surface area contributed by atoms with Crippen molar-refractivity contribution < 1.29 is 14.7 Å². The molecule has 3 rings (SSSR count). The van der Waals surface area contributed by atoms with Crippen LogP contribution in [0.4, 0.5) is 0 Å². The molecule has 0 aromatic heterocycles. The van der Waals surface area contributed by atoms with Crippen LogP contribution >= 0.6 is 0 Å². The predicted molar refractivity (Wildman–Crippen MR) is 78.1 cm³/mol. The maximum absolute atomic E-state index is 12.5. The molecule has 0 radical (unpaired) electrons. The molecule has 106 valence electrons. The fraction of sp³-hybridized carbons (Fsp3) is 0.176. The largest absolute Gasteiger partial charge is 0.481 e. The Bertz CT molecular complexity index is 696. The number of nitrogens with zero attached hydrogens (tertiary/aromatic N) is 1. The van der Waals surface area contributed by atoms with Gasteiger partial charge in [-0.05, 0) is 17.2 Å². The number of carboxylic acids is 1. The van der Waals surface area contributed by atoms with Gasteiger partial charge in [-0.3, -0.25) is 9.59 Å². The Labute approximate surface area is 122 Å². The fourth-order valence-corrected chi connectivity index (χ4v) is 3.01. The second-order valence-electron chi connectivity index (χ2n) is 5.17. The molecule has 0 unspecified atom stereocenters. The van der Waals surface area contributed by atoms with Crippen LogP contribution in [0.1, 0.15) is 33.4 Å². The van der Waals surface area contributed by atoms with Crippen LogP contribution < -0.4 is 0 Å². The highest BCUT2D eigenvalue weighted by Gasteiger charge is 2.42. The summed E-state index contributed by atoms with van der Waals surface area (Å²) in [4.78, 5) is 25.8.